The molecule has 0 N–H and O–H groups in total. The highest BCUT2D eigenvalue weighted by molar-refractivity contribution is 5.22. The van der Waals surface area contributed by atoms with Gasteiger partial charge in [-0.25, -0.2) is 0 Å². The first-order valence-corrected chi connectivity index (χ1v) is 13.8. The van der Waals surface area contributed by atoms with E-state index in [1.165, 1.54) is 120 Å². The number of hydrogen-bond donors (Lipinski definition) is 0. The minimum Gasteiger partial charge on any atom is -0.265 e. The summed E-state index contributed by atoms with van der Waals surface area (Å²) in [5, 5.41) is 0. The van der Waals surface area contributed by atoms with Gasteiger partial charge >= 0.3 is 0 Å². The second-order valence-electron chi connectivity index (χ2n) is 9.76. The fraction of sp³-hybridized carbons (Fsp3) is 0.645. The van der Waals surface area contributed by atoms with Crippen LogP contribution in [0, 0.1) is 0 Å². The Labute approximate surface area is 199 Å². The van der Waals surface area contributed by atoms with Crippen molar-refractivity contribution in [1.82, 2.24) is 4.98 Å². The number of rotatable bonds is 20. The van der Waals surface area contributed by atoms with Crippen LogP contribution >= 0.6 is 0 Å². The molecular weight excluding hydrogens is 386 g/mol. The van der Waals surface area contributed by atoms with Crippen LogP contribution in [-0.2, 0) is 6.42 Å². The largest absolute Gasteiger partial charge is 0.265 e. The monoisotopic (exact) mass is 435 g/mol. The Hall–Kier alpha value is -1.63. The van der Waals surface area contributed by atoms with E-state index < -0.39 is 0 Å². The van der Waals surface area contributed by atoms with Crippen molar-refractivity contribution in [3.05, 3.63) is 66.0 Å². The maximum atomic E-state index is 4.21. The van der Waals surface area contributed by atoms with E-state index in [1.54, 1.807) is 0 Å². The van der Waals surface area contributed by atoms with Gasteiger partial charge in [-0.3, -0.25) is 4.98 Å². The SMILES string of the molecule is CCCCCCCCCCCCCCCCCCC(Cc1ccccc1)c1ccncc1. The molecule has 2 aromatic rings. The van der Waals surface area contributed by atoms with Gasteiger partial charge in [0.2, 0.25) is 0 Å². The quantitative estimate of drug-likeness (QED) is 0.188. The molecule has 0 aliphatic heterocycles. The summed E-state index contributed by atoms with van der Waals surface area (Å²) in [6, 6.07) is 15.4. The summed E-state index contributed by atoms with van der Waals surface area (Å²) in [5.74, 6) is 0.618. The Morgan fingerprint density at radius 1 is 0.562 bits per heavy atom. The van der Waals surface area contributed by atoms with Crippen LogP contribution in [0.25, 0.3) is 0 Å². The average molecular weight is 436 g/mol. The first-order valence-electron chi connectivity index (χ1n) is 13.8. The van der Waals surface area contributed by atoms with Crippen molar-refractivity contribution in [3.63, 3.8) is 0 Å². The molecule has 0 amide bonds. The topological polar surface area (TPSA) is 12.9 Å². The lowest BCUT2D eigenvalue weighted by atomic mass is 9.88. The van der Waals surface area contributed by atoms with Gasteiger partial charge in [0.1, 0.15) is 0 Å². The van der Waals surface area contributed by atoms with E-state index in [0.717, 1.165) is 6.42 Å². The fourth-order valence-electron chi connectivity index (χ4n) is 4.86. The summed E-state index contributed by atoms with van der Waals surface area (Å²) in [5.41, 5.74) is 2.90. The molecule has 0 radical (unpaired) electrons. The van der Waals surface area contributed by atoms with E-state index >= 15 is 0 Å². The second kappa shape index (κ2) is 18.9. The molecule has 178 valence electrons. The molecule has 1 heterocycles. The minimum absolute atomic E-state index is 0.618. The summed E-state index contributed by atoms with van der Waals surface area (Å²) < 4.78 is 0. The Bertz CT molecular complexity index is 636. The molecule has 1 aromatic heterocycles. The maximum absolute atomic E-state index is 4.21. The zero-order valence-corrected chi connectivity index (χ0v) is 20.9. The number of unbranched alkanes of at least 4 members (excludes halogenated alkanes) is 15. The van der Waals surface area contributed by atoms with Crippen molar-refractivity contribution < 1.29 is 0 Å². The van der Waals surface area contributed by atoms with Crippen molar-refractivity contribution in [3.8, 4) is 0 Å². The number of aromatic nitrogens is 1. The van der Waals surface area contributed by atoms with E-state index in [4.69, 9.17) is 0 Å². The van der Waals surface area contributed by atoms with E-state index in [0.29, 0.717) is 5.92 Å². The molecule has 0 saturated heterocycles. The summed E-state index contributed by atoms with van der Waals surface area (Å²) in [4.78, 5) is 4.21. The molecule has 32 heavy (non-hydrogen) atoms. The van der Waals surface area contributed by atoms with Gasteiger partial charge < -0.3 is 0 Å². The van der Waals surface area contributed by atoms with Gasteiger partial charge in [-0.2, -0.15) is 0 Å². The predicted octanol–water partition coefficient (Wildman–Crippen LogP) is 10.1. The van der Waals surface area contributed by atoms with Crippen LogP contribution in [-0.4, -0.2) is 4.98 Å². The lowest BCUT2D eigenvalue weighted by Gasteiger charge is -2.17. The summed E-state index contributed by atoms with van der Waals surface area (Å²) in [6.07, 6.45) is 29.3. The Morgan fingerprint density at radius 2 is 1.03 bits per heavy atom. The van der Waals surface area contributed by atoms with Crippen molar-refractivity contribution in [2.24, 2.45) is 0 Å². The molecule has 1 aromatic carbocycles. The third-order valence-corrected chi connectivity index (χ3v) is 6.91. The van der Waals surface area contributed by atoms with Gasteiger partial charge in [-0.05, 0) is 42.0 Å². The van der Waals surface area contributed by atoms with Crippen molar-refractivity contribution in [2.45, 2.75) is 128 Å². The van der Waals surface area contributed by atoms with Gasteiger partial charge in [0.25, 0.3) is 0 Å². The van der Waals surface area contributed by atoms with Crippen LogP contribution in [0.3, 0.4) is 0 Å². The molecule has 0 spiro atoms. The van der Waals surface area contributed by atoms with E-state index in [-0.39, 0.29) is 0 Å². The van der Waals surface area contributed by atoms with Crippen molar-refractivity contribution in [1.29, 1.82) is 0 Å². The molecule has 0 aliphatic carbocycles. The molecule has 1 unspecified atom stereocenters. The third kappa shape index (κ3) is 13.0. The lowest BCUT2D eigenvalue weighted by Crippen LogP contribution is -2.03. The molecule has 0 aliphatic rings. The predicted molar refractivity (Wildman–Crippen MR) is 141 cm³/mol. The highest BCUT2D eigenvalue weighted by Gasteiger charge is 2.12. The van der Waals surface area contributed by atoms with Crippen molar-refractivity contribution in [2.75, 3.05) is 0 Å². The summed E-state index contributed by atoms with van der Waals surface area (Å²) >= 11 is 0. The van der Waals surface area contributed by atoms with Crippen LogP contribution in [0.1, 0.15) is 133 Å². The van der Waals surface area contributed by atoms with Gasteiger partial charge in [-0.1, -0.05) is 140 Å². The van der Waals surface area contributed by atoms with Gasteiger partial charge in [0.05, 0.1) is 0 Å². The van der Waals surface area contributed by atoms with Crippen LogP contribution in [0.4, 0.5) is 0 Å². The molecule has 0 fully saturated rings. The third-order valence-electron chi connectivity index (χ3n) is 6.91. The number of hydrogen-bond acceptors (Lipinski definition) is 1. The van der Waals surface area contributed by atoms with Crippen LogP contribution < -0.4 is 0 Å². The van der Waals surface area contributed by atoms with E-state index in [2.05, 4.69) is 54.4 Å². The Morgan fingerprint density at radius 3 is 1.53 bits per heavy atom. The Balaban J connectivity index is 1.46. The van der Waals surface area contributed by atoms with Crippen LogP contribution in [0.5, 0.6) is 0 Å². The molecule has 1 atom stereocenters. The number of benzene rings is 1. The minimum atomic E-state index is 0.618. The van der Waals surface area contributed by atoms with Crippen LogP contribution in [0.15, 0.2) is 54.9 Å². The van der Waals surface area contributed by atoms with Crippen molar-refractivity contribution >= 4 is 0 Å². The lowest BCUT2D eigenvalue weighted by molar-refractivity contribution is 0.514. The standard InChI is InChI=1S/C31H49N/c1-2-3-4-5-6-7-8-9-10-11-12-13-14-15-16-20-23-31(30-24-26-32-27-25-30)28-29-21-18-17-19-22-29/h17-19,21-22,24-27,31H,2-16,20,23,28H2,1H3. The highest BCUT2D eigenvalue weighted by atomic mass is 14.6. The zero-order chi connectivity index (χ0) is 22.5. The van der Waals surface area contributed by atoms with E-state index in [1.807, 2.05) is 12.4 Å². The zero-order valence-electron chi connectivity index (χ0n) is 20.9. The number of pyridine rings is 1. The first kappa shape index (κ1) is 26.6. The Kier molecular flexibility index (Phi) is 15.7. The molecule has 0 saturated carbocycles. The smallest absolute Gasteiger partial charge is 0.0270 e. The number of nitrogens with zero attached hydrogens (tertiary/aromatic N) is 1. The molecule has 1 nitrogen and oxygen atoms in total. The maximum Gasteiger partial charge on any atom is 0.0270 e. The van der Waals surface area contributed by atoms with Gasteiger partial charge in [0.15, 0.2) is 0 Å². The molecule has 0 bridgehead atoms. The summed E-state index contributed by atoms with van der Waals surface area (Å²) in [6.45, 7) is 2.30. The summed E-state index contributed by atoms with van der Waals surface area (Å²) in [7, 11) is 0. The van der Waals surface area contributed by atoms with Crippen LogP contribution in [0.2, 0.25) is 0 Å². The highest BCUT2D eigenvalue weighted by Crippen LogP contribution is 2.26. The normalized spacial score (nSPS) is 12.2. The first-order chi connectivity index (χ1) is 15.9. The second-order valence-corrected chi connectivity index (χ2v) is 9.76. The molecular formula is C31H49N. The fourth-order valence-corrected chi connectivity index (χ4v) is 4.86. The van der Waals surface area contributed by atoms with Gasteiger partial charge in [-0.15, -0.1) is 0 Å². The van der Waals surface area contributed by atoms with E-state index in [9.17, 15) is 0 Å². The molecule has 2 rings (SSSR count). The van der Waals surface area contributed by atoms with Gasteiger partial charge in [0, 0.05) is 12.4 Å². The average Bonchev–Trinajstić information content (AvgIpc) is 2.84. The molecule has 1 heteroatoms.